The lowest BCUT2D eigenvalue weighted by Gasteiger charge is -2.63. The van der Waals surface area contributed by atoms with Crippen molar-refractivity contribution in [3.63, 3.8) is 0 Å². The minimum Gasteiger partial charge on any atom is -0.0654 e. The molecular formula is C29H48. The summed E-state index contributed by atoms with van der Waals surface area (Å²) >= 11 is 0. The van der Waals surface area contributed by atoms with E-state index in [1.807, 2.05) is 0 Å². The predicted molar refractivity (Wildman–Crippen MR) is 122 cm³/mol. The summed E-state index contributed by atoms with van der Waals surface area (Å²) in [6.45, 7) is 7.61. The Kier molecular flexibility index (Phi) is 4.93. The van der Waals surface area contributed by atoms with Crippen molar-refractivity contribution in [3.05, 3.63) is 0 Å². The van der Waals surface area contributed by atoms with Crippen molar-refractivity contribution < 1.29 is 0 Å². The molecule has 164 valence electrons. The molecule has 0 aromatic rings. The van der Waals surface area contributed by atoms with Gasteiger partial charge in [-0.2, -0.15) is 0 Å². The maximum absolute atomic E-state index is 2.70. The van der Waals surface area contributed by atoms with Crippen LogP contribution in [0, 0.1) is 70.5 Å². The van der Waals surface area contributed by atoms with Crippen LogP contribution >= 0.6 is 0 Å². The van der Waals surface area contributed by atoms with E-state index in [9.17, 15) is 0 Å². The third-order valence-corrected chi connectivity index (χ3v) is 12.4. The Balaban J connectivity index is 1.37. The van der Waals surface area contributed by atoms with Gasteiger partial charge < -0.3 is 0 Å². The maximum Gasteiger partial charge on any atom is -0.0233 e. The van der Waals surface area contributed by atoms with E-state index in [2.05, 4.69) is 20.8 Å². The van der Waals surface area contributed by atoms with E-state index in [-0.39, 0.29) is 0 Å². The maximum atomic E-state index is 2.70. The van der Waals surface area contributed by atoms with E-state index in [1.165, 1.54) is 31.6 Å². The van der Waals surface area contributed by atoms with E-state index in [0.29, 0.717) is 0 Å². The van der Waals surface area contributed by atoms with E-state index in [1.54, 1.807) is 64.2 Å². The van der Waals surface area contributed by atoms with Crippen LogP contribution in [0.15, 0.2) is 0 Å². The molecule has 0 aromatic carbocycles. The molecule has 8 fully saturated rings. The Morgan fingerprint density at radius 3 is 2.24 bits per heavy atom. The lowest BCUT2D eigenvalue weighted by molar-refractivity contribution is -0.140. The van der Waals surface area contributed by atoms with E-state index in [4.69, 9.17) is 0 Å². The van der Waals surface area contributed by atoms with E-state index in [0.717, 1.165) is 64.6 Å². The van der Waals surface area contributed by atoms with E-state index < -0.39 is 0 Å². The van der Waals surface area contributed by atoms with Crippen LogP contribution in [0.1, 0.15) is 111 Å². The smallest absolute Gasteiger partial charge is 0.0233 e. The van der Waals surface area contributed by atoms with Gasteiger partial charge in [0.2, 0.25) is 0 Å². The monoisotopic (exact) mass is 396 g/mol. The molecule has 0 spiro atoms. The summed E-state index contributed by atoms with van der Waals surface area (Å²) in [5.41, 5.74) is 0.766. The number of hydrogen-bond donors (Lipinski definition) is 0. The third-order valence-electron chi connectivity index (χ3n) is 12.4. The highest BCUT2D eigenvalue weighted by Crippen LogP contribution is 2.75. The molecule has 0 aromatic heterocycles. The zero-order valence-electron chi connectivity index (χ0n) is 19.8. The van der Waals surface area contributed by atoms with Crippen molar-refractivity contribution in [1.29, 1.82) is 0 Å². The van der Waals surface area contributed by atoms with Crippen molar-refractivity contribution in [1.82, 2.24) is 0 Å². The second kappa shape index (κ2) is 7.27. The lowest BCUT2D eigenvalue weighted by Crippen LogP contribution is -2.56. The van der Waals surface area contributed by atoms with Gasteiger partial charge >= 0.3 is 0 Å². The SMILES string of the molecule is CCCCCCC12CC3CCC3C(C(C3CC4CC3C4)C3CC1C3)C2C(C)CC. The van der Waals surface area contributed by atoms with Crippen LogP contribution in [0.2, 0.25) is 0 Å². The molecule has 0 N–H and O–H groups in total. The molecule has 0 aliphatic heterocycles. The molecule has 0 nitrogen and oxygen atoms in total. The van der Waals surface area contributed by atoms with Gasteiger partial charge in [-0.1, -0.05) is 52.9 Å². The van der Waals surface area contributed by atoms with Crippen LogP contribution in [0.5, 0.6) is 0 Å². The first-order valence-corrected chi connectivity index (χ1v) is 14.2. The predicted octanol–water partition coefficient (Wildman–Crippen LogP) is 8.35. The molecule has 0 heteroatoms. The Hall–Kier alpha value is 0. The summed E-state index contributed by atoms with van der Waals surface area (Å²) in [6.07, 6.45) is 22.1. The zero-order chi connectivity index (χ0) is 19.8. The van der Waals surface area contributed by atoms with Crippen LogP contribution in [-0.4, -0.2) is 0 Å². The molecule has 8 aliphatic rings. The van der Waals surface area contributed by atoms with Gasteiger partial charge in [-0.3, -0.25) is 0 Å². The van der Waals surface area contributed by atoms with Crippen LogP contribution < -0.4 is 0 Å². The van der Waals surface area contributed by atoms with Crippen molar-refractivity contribution in [2.24, 2.45) is 70.5 Å². The van der Waals surface area contributed by atoms with Crippen molar-refractivity contribution in [2.75, 3.05) is 0 Å². The molecule has 0 heterocycles. The largest absolute Gasteiger partial charge is 0.0654 e. The topological polar surface area (TPSA) is 0 Å². The average molecular weight is 397 g/mol. The van der Waals surface area contributed by atoms with E-state index >= 15 is 0 Å². The zero-order valence-corrected chi connectivity index (χ0v) is 19.8. The van der Waals surface area contributed by atoms with Gasteiger partial charge in [0.25, 0.3) is 0 Å². The molecule has 8 saturated carbocycles. The minimum absolute atomic E-state index is 0.766. The van der Waals surface area contributed by atoms with Crippen LogP contribution in [0.4, 0.5) is 0 Å². The summed E-state index contributed by atoms with van der Waals surface area (Å²) in [5.74, 6) is 12.4. The van der Waals surface area contributed by atoms with Gasteiger partial charge in [-0.05, 0) is 128 Å². The molecule has 8 rings (SSSR count). The molecule has 6 bridgehead atoms. The van der Waals surface area contributed by atoms with Crippen LogP contribution in [-0.2, 0) is 0 Å². The fourth-order valence-electron chi connectivity index (χ4n) is 10.9. The molecular weight excluding hydrogens is 348 g/mol. The highest BCUT2D eigenvalue weighted by Gasteiger charge is 2.68. The fraction of sp³-hybridized carbons (Fsp3) is 1.00. The van der Waals surface area contributed by atoms with Gasteiger partial charge in [0.05, 0.1) is 0 Å². The first kappa shape index (κ1) is 19.7. The van der Waals surface area contributed by atoms with Gasteiger partial charge in [-0.25, -0.2) is 0 Å². The van der Waals surface area contributed by atoms with Gasteiger partial charge in [0.1, 0.15) is 0 Å². The Morgan fingerprint density at radius 2 is 1.62 bits per heavy atom. The highest BCUT2D eigenvalue weighted by atomic mass is 14.7. The van der Waals surface area contributed by atoms with Crippen LogP contribution in [0.25, 0.3) is 0 Å². The fourth-order valence-corrected chi connectivity index (χ4v) is 10.9. The molecule has 8 aliphatic carbocycles. The number of unbranched alkanes of at least 4 members (excludes halogenated alkanes) is 3. The average Bonchev–Trinajstić information content (AvgIpc) is 3.19. The Bertz CT molecular complexity index is 595. The first-order chi connectivity index (χ1) is 14.2. The van der Waals surface area contributed by atoms with Gasteiger partial charge in [0, 0.05) is 0 Å². The second-order valence-corrected chi connectivity index (χ2v) is 13.2. The van der Waals surface area contributed by atoms with Gasteiger partial charge in [-0.15, -0.1) is 0 Å². The van der Waals surface area contributed by atoms with Crippen LogP contribution in [0.3, 0.4) is 0 Å². The normalized spacial score (nSPS) is 55.1. The summed E-state index contributed by atoms with van der Waals surface area (Å²) in [5, 5.41) is 0. The highest BCUT2D eigenvalue weighted by molar-refractivity contribution is 5.16. The summed E-state index contributed by atoms with van der Waals surface area (Å²) in [4.78, 5) is 0. The molecule has 0 radical (unpaired) electrons. The summed E-state index contributed by atoms with van der Waals surface area (Å²) < 4.78 is 0. The van der Waals surface area contributed by atoms with Crippen molar-refractivity contribution in [2.45, 2.75) is 111 Å². The van der Waals surface area contributed by atoms with Crippen molar-refractivity contribution in [3.8, 4) is 0 Å². The molecule has 0 amide bonds. The quantitative estimate of drug-likeness (QED) is 0.361. The second-order valence-electron chi connectivity index (χ2n) is 13.2. The van der Waals surface area contributed by atoms with Crippen molar-refractivity contribution >= 4 is 0 Å². The molecule has 0 saturated heterocycles. The standard InChI is InChI=1S/C29H48/c1-4-6-7-8-11-29-17-20-9-10-24(20)27(28(29)18(3)5-2)26(22-15-23(29)16-22)25-14-19-12-21(25)13-19/h18-28H,4-17H2,1-3H3. The molecule has 29 heavy (non-hydrogen) atoms. The molecule has 8 atom stereocenters. The Labute approximate surface area is 181 Å². The summed E-state index contributed by atoms with van der Waals surface area (Å²) in [6, 6.07) is 0. The third kappa shape index (κ3) is 2.75. The first-order valence-electron chi connectivity index (χ1n) is 14.2. The number of hydrogen-bond acceptors (Lipinski definition) is 0. The number of fused-ring (bicyclic) bond motifs is 3. The lowest BCUT2D eigenvalue weighted by atomic mass is 9.42. The summed E-state index contributed by atoms with van der Waals surface area (Å²) in [7, 11) is 0. The number of rotatable bonds is 8. The Morgan fingerprint density at radius 1 is 0.793 bits per heavy atom. The minimum atomic E-state index is 0.766. The van der Waals surface area contributed by atoms with Gasteiger partial charge in [0.15, 0.2) is 0 Å². The molecule has 8 unspecified atom stereocenters.